The zero-order valence-corrected chi connectivity index (χ0v) is 10.6. The molecule has 2 aromatic carbocycles. The van der Waals surface area contributed by atoms with E-state index in [2.05, 4.69) is 0 Å². The average molecular weight is 273 g/mol. The van der Waals surface area contributed by atoms with Gasteiger partial charge in [-0.1, -0.05) is 0 Å². The first-order valence-corrected chi connectivity index (χ1v) is 5.69. The Morgan fingerprint density at radius 2 is 1.65 bits per heavy atom. The molecule has 0 aliphatic carbocycles. The molecule has 102 valence electrons. The lowest BCUT2D eigenvalue weighted by Gasteiger charge is -2.07. The van der Waals surface area contributed by atoms with Crippen LogP contribution in [0.3, 0.4) is 0 Å². The molecular weight excluding hydrogens is 262 g/mol. The van der Waals surface area contributed by atoms with E-state index in [1.54, 1.807) is 31.4 Å². The number of nitrogens with zero attached hydrogens (tertiary/aromatic N) is 1. The molecule has 0 spiro atoms. The van der Waals surface area contributed by atoms with Crippen molar-refractivity contribution >= 4 is 12.0 Å². The van der Waals surface area contributed by atoms with E-state index in [9.17, 15) is 14.9 Å². The van der Waals surface area contributed by atoms with Crippen LogP contribution in [0.2, 0.25) is 0 Å². The van der Waals surface area contributed by atoms with E-state index < -0.39 is 4.92 Å². The predicted octanol–water partition coefficient (Wildman–Crippen LogP) is 3.21. The monoisotopic (exact) mass is 273 g/mol. The van der Waals surface area contributed by atoms with E-state index in [0.717, 1.165) is 0 Å². The van der Waals surface area contributed by atoms with Gasteiger partial charge in [-0.2, -0.15) is 0 Å². The smallest absolute Gasteiger partial charge is 0.280 e. The lowest BCUT2D eigenvalue weighted by atomic mass is 10.2. The minimum atomic E-state index is -0.610. The van der Waals surface area contributed by atoms with Crippen LogP contribution in [0.4, 0.5) is 5.69 Å². The number of hydrogen-bond acceptors (Lipinski definition) is 5. The molecule has 2 aromatic rings. The fraction of sp³-hybridized carbons (Fsp3) is 0.0714. The van der Waals surface area contributed by atoms with Crippen LogP contribution >= 0.6 is 0 Å². The fourth-order valence-corrected chi connectivity index (χ4v) is 1.64. The second-order valence-electron chi connectivity index (χ2n) is 3.87. The molecule has 0 unspecified atom stereocenters. The SMILES string of the molecule is COc1ccc(Oc2ccc([N+](=O)[O-])c(C=O)c2)cc1. The number of nitro benzene ring substituents is 1. The van der Waals surface area contributed by atoms with Gasteiger partial charge in [0.2, 0.25) is 0 Å². The molecule has 0 N–H and O–H groups in total. The van der Waals surface area contributed by atoms with Gasteiger partial charge in [-0.25, -0.2) is 0 Å². The van der Waals surface area contributed by atoms with Crippen LogP contribution in [-0.4, -0.2) is 18.3 Å². The van der Waals surface area contributed by atoms with Crippen LogP contribution in [-0.2, 0) is 0 Å². The highest BCUT2D eigenvalue weighted by Gasteiger charge is 2.14. The van der Waals surface area contributed by atoms with Gasteiger partial charge >= 0.3 is 0 Å². The maximum absolute atomic E-state index is 10.8. The average Bonchev–Trinajstić information content (AvgIpc) is 2.47. The van der Waals surface area contributed by atoms with Crippen LogP contribution in [0.15, 0.2) is 42.5 Å². The molecule has 0 saturated heterocycles. The Morgan fingerprint density at radius 1 is 1.05 bits per heavy atom. The predicted molar refractivity (Wildman–Crippen MR) is 71.6 cm³/mol. The summed E-state index contributed by atoms with van der Waals surface area (Å²) in [5.74, 6) is 1.58. The van der Waals surface area contributed by atoms with E-state index >= 15 is 0 Å². The Morgan fingerprint density at radius 3 is 2.20 bits per heavy atom. The third kappa shape index (κ3) is 2.92. The molecule has 0 amide bonds. The Bertz CT molecular complexity index is 637. The van der Waals surface area contributed by atoms with Crippen LogP contribution < -0.4 is 9.47 Å². The third-order valence-electron chi connectivity index (χ3n) is 2.62. The second-order valence-corrected chi connectivity index (χ2v) is 3.87. The summed E-state index contributed by atoms with van der Waals surface area (Å²) in [6.07, 6.45) is 0.430. The van der Waals surface area contributed by atoms with Crippen LogP contribution in [0.25, 0.3) is 0 Å². The quantitative estimate of drug-likeness (QED) is 0.475. The number of methoxy groups -OCH3 is 1. The number of carbonyl (C=O) groups excluding carboxylic acids is 1. The summed E-state index contributed by atoms with van der Waals surface area (Å²) >= 11 is 0. The van der Waals surface area contributed by atoms with Gasteiger partial charge in [0.15, 0.2) is 6.29 Å². The highest BCUT2D eigenvalue weighted by Crippen LogP contribution is 2.27. The molecule has 6 nitrogen and oxygen atoms in total. The summed E-state index contributed by atoms with van der Waals surface area (Å²) in [6.45, 7) is 0. The van der Waals surface area contributed by atoms with Gasteiger partial charge in [0.1, 0.15) is 17.2 Å². The normalized spacial score (nSPS) is 9.85. The van der Waals surface area contributed by atoms with Crippen molar-refractivity contribution in [3.63, 3.8) is 0 Å². The summed E-state index contributed by atoms with van der Waals surface area (Å²) in [7, 11) is 1.56. The first kappa shape index (κ1) is 13.5. The Kier molecular flexibility index (Phi) is 3.95. The lowest BCUT2D eigenvalue weighted by Crippen LogP contribution is -1.95. The standard InChI is InChI=1S/C14H11NO5/c1-19-11-2-4-12(5-3-11)20-13-6-7-14(15(17)18)10(8-13)9-16/h2-9H,1H3. The van der Waals surface area contributed by atoms with E-state index in [4.69, 9.17) is 9.47 Å². The van der Waals surface area contributed by atoms with E-state index in [0.29, 0.717) is 23.5 Å². The Labute approximate surface area is 114 Å². The number of carbonyl (C=O) groups is 1. The molecule has 0 aliphatic rings. The number of nitro groups is 1. The molecule has 2 rings (SSSR count). The molecule has 0 bridgehead atoms. The maximum Gasteiger partial charge on any atom is 0.280 e. The van der Waals surface area contributed by atoms with E-state index in [-0.39, 0.29) is 11.3 Å². The van der Waals surface area contributed by atoms with Crippen molar-refractivity contribution in [1.29, 1.82) is 0 Å². The summed E-state index contributed by atoms with van der Waals surface area (Å²) in [6, 6.07) is 10.8. The van der Waals surface area contributed by atoms with E-state index in [1.807, 2.05) is 0 Å². The molecule has 0 heterocycles. The highest BCUT2D eigenvalue weighted by atomic mass is 16.6. The number of rotatable bonds is 5. The van der Waals surface area contributed by atoms with Gasteiger partial charge in [0, 0.05) is 6.07 Å². The van der Waals surface area contributed by atoms with Gasteiger partial charge in [-0.15, -0.1) is 0 Å². The van der Waals surface area contributed by atoms with Crippen LogP contribution in [0.5, 0.6) is 17.2 Å². The zero-order valence-electron chi connectivity index (χ0n) is 10.6. The molecule has 0 saturated carbocycles. The molecule has 0 aliphatic heterocycles. The molecular formula is C14H11NO5. The Balaban J connectivity index is 2.24. The summed E-state index contributed by atoms with van der Waals surface area (Å²) in [4.78, 5) is 20.9. The lowest BCUT2D eigenvalue weighted by molar-refractivity contribution is -0.385. The first-order valence-electron chi connectivity index (χ1n) is 5.69. The minimum absolute atomic E-state index is 0.0268. The molecule has 6 heteroatoms. The first-order chi connectivity index (χ1) is 9.63. The van der Waals surface area contributed by atoms with Gasteiger partial charge < -0.3 is 9.47 Å². The van der Waals surface area contributed by atoms with Gasteiger partial charge in [0.05, 0.1) is 17.6 Å². The molecule has 0 fully saturated rings. The van der Waals surface area contributed by atoms with Crippen molar-refractivity contribution < 1.29 is 19.2 Å². The summed E-state index contributed by atoms with van der Waals surface area (Å²) in [5, 5.41) is 10.7. The Hall–Kier alpha value is -2.89. The summed E-state index contributed by atoms with van der Waals surface area (Å²) < 4.78 is 10.5. The van der Waals surface area contributed by atoms with Crippen molar-refractivity contribution in [2.45, 2.75) is 0 Å². The number of ether oxygens (including phenoxy) is 2. The van der Waals surface area contributed by atoms with Gasteiger partial charge in [-0.05, 0) is 36.4 Å². The number of hydrogen-bond donors (Lipinski definition) is 0. The van der Waals surface area contributed by atoms with Crippen molar-refractivity contribution in [2.75, 3.05) is 7.11 Å². The second kappa shape index (κ2) is 5.83. The largest absolute Gasteiger partial charge is 0.497 e. The topological polar surface area (TPSA) is 78.7 Å². The number of aldehydes is 1. The minimum Gasteiger partial charge on any atom is -0.497 e. The molecule has 0 atom stereocenters. The highest BCUT2D eigenvalue weighted by molar-refractivity contribution is 5.82. The maximum atomic E-state index is 10.8. The zero-order chi connectivity index (χ0) is 14.5. The van der Waals surface area contributed by atoms with Crippen molar-refractivity contribution in [1.82, 2.24) is 0 Å². The van der Waals surface area contributed by atoms with Gasteiger partial charge in [0.25, 0.3) is 5.69 Å². The van der Waals surface area contributed by atoms with Crippen LogP contribution in [0, 0.1) is 10.1 Å². The third-order valence-corrected chi connectivity index (χ3v) is 2.62. The van der Waals surface area contributed by atoms with Crippen molar-refractivity contribution in [3.05, 3.63) is 58.1 Å². The van der Waals surface area contributed by atoms with Crippen molar-refractivity contribution in [3.8, 4) is 17.2 Å². The number of benzene rings is 2. The molecule has 20 heavy (non-hydrogen) atoms. The summed E-state index contributed by atoms with van der Waals surface area (Å²) in [5.41, 5.74) is -0.275. The molecule has 0 radical (unpaired) electrons. The molecule has 0 aromatic heterocycles. The van der Waals surface area contributed by atoms with E-state index in [1.165, 1.54) is 18.2 Å². The fourth-order valence-electron chi connectivity index (χ4n) is 1.64. The van der Waals surface area contributed by atoms with Crippen molar-refractivity contribution in [2.24, 2.45) is 0 Å². The van der Waals surface area contributed by atoms with Crippen LogP contribution in [0.1, 0.15) is 10.4 Å². The van der Waals surface area contributed by atoms with Gasteiger partial charge in [-0.3, -0.25) is 14.9 Å².